The van der Waals surface area contributed by atoms with Gasteiger partial charge >= 0.3 is 0 Å². The van der Waals surface area contributed by atoms with Crippen molar-refractivity contribution in [3.05, 3.63) is 117 Å². The average molecular weight is 866 g/mol. The van der Waals surface area contributed by atoms with Crippen molar-refractivity contribution in [2.24, 2.45) is 11.8 Å². The molecule has 1 N–H and O–H groups in total. The van der Waals surface area contributed by atoms with Crippen LogP contribution in [0.3, 0.4) is 0 Å². The van der Waals surface area contributed by atoms with Crippen LogP contribution in [0, 0.1) is 23.5 Å². The lowest BCUT2D eigenvalue weighted by molar-refractivity contribution is 0.101. The van der Waals surface area contributed by atoms with Gasteiger partial charge in [-0.25, -0.2) is 18.1 Å². The topological polar surface area (TPSA) is 161 Å². The van der Waals surface area contributed by atoms with Gasteiger partial charge in [0.15, 0.2) is 30.0 Å². The SMILES string of the molecule is CC(C)(C)[Si](C)(C)OCc1cc(F)ccc1-n1nc(Cl)cc1C(=O)c1cn(CC2CC2)nn1.O=C(c1cn(CC2CC2)nn1)c1cc(Cl)nn1-c1ccc(F)cc1CO. The number of aromatic nitrogens is 10. The fourth-order valence-corrected chi connectivity index (χ4v) is 7.32. The second-order valence-corrected chi connectivity index (χ2v) is 22.1. The standard InChI is InChI=1S/C23H29ClFN5O2Si.C17H15ClFN5O2/c1-23(2,3)33(4,5)32-14-16-10-17(25)8-9-19(16)30-20(11-21(24)27-30)22(31)18-13-29(28-26-18)12-15-6-7-15;18-16-6-15(17(26)13-8-23(22-20-13)7-10-1-2-10)24(21-16)14-4-3-12(19)5-11(14)9-25/h8-11,13,15H,6-7,12,14H2,1-5H3;3-6,8,10,25H,1-2,7,9H2. The first kappa shape index (κ1) is 42.2. The van der Waals surface area contributed by atoms with Gasteiger partial charge in [0.25, 0.3) is 0 Å². The third-order valence-corrected chi connectivity index (χ3v) is 15.6. The summed E-state index contributed by atoms with van der Waals surface area (Å²) in [6, 6.07) is 11.1. The molecule has 6 aromatic rings. The van der Waals surface area contributed by atoms with Crippen molar-refractivity contribution in [2.75, 3.05) is 0 Å². The van der Waals surface area contributed by atoms with E-state index in [0.717, 1.165) is 13.1 Å². The van der Waals surface area contributed by atoms with Crippen LogP contribution >= 0.6 is 23.2 Å². The van der Waals surface area contributed by atoms with Crippen LogP contribution in [0.15, 0.2) is 60.9 Å². The molecule has 4 aromatic heterocycles. The zero-order valence-corrected chi connectivity index (χ0v) is 35.8. The zero-order chi connectivity index (χ0) is 42.2. The number of ketones is 2. The molecule has 2 saturated carbocycles. The Bertz CT molecular complexity index is 2500. The molecule has 14 nitrogen and oxygen atoms in total. The van der Waals surface area contributed by atoms with Gasteiger partial charge in [-0.15, -0.1) is 10.2 Å². The van der Waals surface area contributed by atoms with Crippen LogP contribution in [0.4, 0.5) is 8.78 Å². The average Bonchev–Trinajstić information content (AvgIpc) is 3.95. The lowest BCUT2D eigenvalue weighted by Crippen LogP contribution is -2.40. The quantitative estimate of drug-likeness (QED) is 0.0845. The molecule has 0 unspecified atom stereocenters. The summed E-state index contributed by atoms with van der Waals surface area (Å²) in [6.45, 7) is 12.0. The Morgan fingerprint density at radius 2 is 1.20 bits per heavy atom. The minimum Gasteiger partial charge on any atom is -0.412 e. The Hall–Kier alpha value is -4.94. The van der Waals surface area contributed by atoms with E-state index in [2.05, 4.69) is 64.7 Å². The number of halogens is 4. The molecule has 310 valence electrons. The third kappa shape index (κ3) is 9.92. The van der Waals surface area contributed by atoms with E-state index in [0.29, 0.717) is 28.8 Å². The summed E-state index contributed by atoms with van der Waals surface area (Å²) in [7, 11) is -2.08. The molecule has 2 aliphatic carbocycles. The number of hydrogen-bond donors (Lipinski definition) is 1. The number of benzene rings is 2. The summed E-state index contributed by atoms with van der Waals surface area (Å²) in [5.74, 6) is -0.423. The van der Waals surface area contributed by atoms with E-state index in [1.165, 1.54) is 77.5 Å². The van der Waals surface area contributed by atoms with E-state index >= 15 is 0 Å². The molecule has 0 saturated heterocycles. The number of nitrogens with zero attached hydrogens (tertiary/aromatic N) is 10. The first-order valence-electron chi connectivity index (χ1n) is 19.2. The van der Waals surface area contributed by atoms with Crippen LogP contribution in [-0.2, 0) is 30.7 Å². The Labute approximate surface area is 350 Å². The number of carbonyl (C=O) groups is 2. The fourth-order valence-electron chi connectivity index (χ4n) is 6.01. The minimum atomic E-state index is -2.08. The molecular weight excluding hydrogens is 821 g/mol. The maximum absolute atomic E-state index is 14.2. The van der Waals surface area contributed by atoms with Crippen molar-refractivity contribution in [2.45, 2.75) is 90.9 Å². The van der Waals surface area contributed by atoms with Crippen molar-refractivity contribution < 1.29 is 27.9 Å². The summed E-state index contributed by atoms with van der Waals surface area (Å²) in [6.07, 6.45) is 7.94. The predicted octanol–water partition coefficient (Wildman–Crippen LogP) is 7.81. The molecule has 0 radical (unpaired) electrons. The number of aliphatic hydroxyl groups excluding tert-OH is 1. The van der Waals surface area contributed by atoms with Crippen molar-refractivity contribution in [1.29, 1.82) is 0 Å². The van der Waals surface area contributed by atoms with E-state index in [1.54, 1.807) is 27.8 Å². The molecule has 4 heterocycles. The molecule has 0 spiro atoms. The lowest BCUT2D eigenvalue weighted by Gasteiger charge is -2.36. The van der Waals surface area contributed by atoms with E-state index in [4.69, 9.17) is 27.6 Å². The Morgan fingerprint density at radius 3 is 1.63 bits per heavy atom. The van der Waals surface area contributed by atoms with Crippen molar-refractivity contribution in [3.8, 4) is 11.4 Å². The van der Waals surface area contributed by atoms with Crippen LogP contribution in [0.5, 0.6) is 0 Å². The van der Waals surface area contributed by atoms with Gasteiger partial charge in [0.2, 0.25) is 11.6 Å². The highest BCUT2D eigenvalue weighted by Crippen LogP contribution is 2.38. The van der Waals surface area contributed by atoms with E-state index < -0.39 is 26.5 Å². The predicted molar refractivity (Wildman–Crippen MR) is 217 cm³/mol. The smallest absolute Gasteiger partial charge is 0.233 e. The van der Waals surface area contributed by atoms with Gasteiger partial charge in [-0.3, -0.25) is 19.0 Å². The molecule has 2 fully saturated rings. The molecule has 0 aliphatic heterocycles. The highest BCUT2D eigenvalue weighted by atomic mass is 35.5. The van der Waals surface area contributed by atoms with E-state index in [1.807, 2.05) is 0 Å². The van der Waals surface area contributed by atoms with Gasteiger partial charge in [-0.2, -0.15) is 10.2 Å². The van der Waals surface area contributed by atoms with E-state index in [-0.39, 0.29) is 61.9 Å². The maximum atomic E-state index is 14.2. The fraction of sp³-hybridized carbons (Fsp3) is 0.400. The highest BCUT2D eigenvalue weighted by molar-refractivity contribution is 6.74. The van der Waals surface area contributed by atoms with Crippen LogP contribution in [0.1, 0.15) is 89.9 Å². The Balaban J connectivity index is 0.000000184. The van der Waals surface area contributed by atoms with Crippen molar-refractivity contribution in [3.63, 3.8) is 0 Å². The maximum Gasteiger partial charge on any atom is 0.233 e. The molecule has 0 bridgehead atoms. The summed E-state index contributed by atoms with van der Waals surface area (Å²) in [4.78, 5) is 26.1. The minimum absolute atomic E-state index is 0.00289. The van der Waals surface area contributed by atoms with Crippen LogP contribution in [-0.4, -0.2) is 74.5 Å². The van der Waals surface area contributed by atoms with Crippen molar-refractivity contribution >= 4 is 43.1 Å². The van der Waals surface area contributed by atoms with Gasteiger partial charge in [-0.1, -0.05) is 54.4 Å². The van der Waals surface area contributed by atoms with E-state index in [9.17, 15) is 23.5 Å². The largest absolute Gasteiger partial charge is 0.412 e. The van der Waals surface area contributed by atoms with Gasteiger partial charge in [-0.05, 0) is 92.0 Å². The molecule has 19 heteroatoms. The zero-order valence-electron chi connectivity index (χ0n) is 33.2. The lowest BCUT2D eigenvalue weighted by atomic mass is 10.1. The Morgan fingerprint density at radius 1 is 0.763 bits per heavy atom. The first-order valence-corrected chi connectivity index (χ1v) is 22.9. The third-order valence-electron chi connectivity index (χ3n) is 10.8. The Kier molecular flexibility index (Phi) is 12.1. The molecule has 2 aromatic carbocycles. The normalized spacial score (nSPS) is 14.3. The molecule has 59 heavy (non-hydrogen) atoms. The van der Waals surface area contributed by atoms with Crippen molar-refractivity contribution in [1.82, 2.24) is 49.5 Å². The molecule has 0 amide bonds. The highest BCUT2D eigenvalue weighted by Gasteiger charge is 2.37. The molecule has 0 atom stereocenters. The summed E-state index contributed by atoms with van der Waals surface area (Å²) in [5, 5.41) is 34.2. The number of hydrogen-bond acceptors (Lipinski definition) is 10. The summed E-state index contributed by atoms with van der Waals surface area (Å²) >= 11 is 12.2. The molecule has 2 aliphatic rings. The second kappa shape index (κ2) is 17.0. The van der Waals surface area contributed by atoms with Gasteiger partial charge in [0.05, 0.1) is 37.0 Å². The van der Waals surface area contributed by atoms with Gasteiger partial charge in [0, 0.05) is 36.3 Å². The summed E-state index contributed by atoms with van der Waals surface area (Å²) < 4.78 is 40.0. The number of aliphatic hydroxyl groups is 1. The molecular formula is C40H44Cl2F2N10O4Si. The number of carbonyl (C=O) groups excluding carboxylic acids is 2. The first-order chi connectivity index (χ1) is 28.0. The molecule has 8 rings (SSSR count). The number of rotatable bonds is 14. The monoisotopic (exact) mass is 864 g/mol. The summed E-state index contributed by atoms with van der Waals surface area (Å²) in [5.41, 5.74) is 2.58. The van der Waals surface area contributed by atoms with Crippen LogP contribution in [0.2, 0.25) is 28.4 Å². The second-order valence-electron chi connectivity index (χ2n) is 16.5. The van der Waals surface area contributed by atoms with Crippen LogP contribution in [0.25, 0.3) is 11.4 Å². The van der Waals surface area contributed by atoms with Gasteiger partial charge in [0.1, 0.15) is 23.0 Å². The van der Waals surface area contributed by atoms with Crippen LogP contribution < -0.4 is 0 Å². The van der Waals surface area contributed by atoms with Gasteiger partial charge < -0.3 is 9.53 Å².